The minimum atomic E-state index is -5.08. The number of hydrogen-bond donors (Lipinski definition) is 2. The number of rotatable bonds is 5. The highest BCUT2D eigenvalue weighted by Crippen LogP contribution is 2.16. The molecular formula is C13H14F5NO4. The van der Waals surface area contributed by atoms with Gasteiger partial charge in [0.1, 0.15) is 5.75 Å². The molecule has 0 spiro atoms. The summed E-state index contributed by atoms with van der Waals surface area (Å²) in [4.78, 5) is 8.90. The highest BCUT2D eigenvalue weighted by atomic mass is 19.4. The zero-order valence-electron chi connectivity index (χ0n) is 11.6. The number of nitrogens with one attached hydrogen (secondary N) is 1. The number of carboxylic acid groups (broad SMARTS) is 1. The van der Waals surface area contributed by atoms with Crippen LogP contribution in [0.1, 0.15) is 5.56 Å². The van der Waals surface area contributed by atoms with Crippen LogP contribution >= 0.6 is 0 Å². The van der Waals surface area contributed by atoms with Gasteiger partial charge in [-0.2, -0.15) is 22.0 Å². The predicted octanol–water partition coefficient (Wildman–Crippen LogP) is 2.41. The van der Waals surface area contributed by atoms with E-state index in [-0.39, 0.29) is 11.9 Å². The molecule has 23 heavy (non-hydrogen) atoms. The normalized spacial score (nSPS) is 14.7. The fraction of sp³-hybridized carbons (Fsp3) is 0.462. The van der Waals surface area contributed by atoms with Crippen molar-refractivity contribution in [2.24, 2.45) is 0 Å². The van der Waals surface area contributed by atoms with E-state index in [1.807, 2.05) is 0 Å². The number of alkyl halides is 5. The predicted molar refractivity (Wildman–Crippen MR) is 68.2 cm³/mol. The second kappa shape index (κ2) is 8.63. The molecule has 10 heteroatoms. The van der Waals surface area contributed by atoms with E-state index in [2.05, 4.69) is 10.1 Å². The Morgan fingerprint density at radius 1 is 1.26 bits per heavy atom. The SMILES string of the molecule is FC(F)Oc1ccc(COC2CNC2)cc1.O=C(O)C(F)(F)F. The van der Waals surface area contributed by atoms with Gasteiger partial charge in [-0.25, -0.2) is 4.79 Å². The summed E-state index contributed by atoms with van der Waals surface area (Å²) in [6.45, 7) is -0.511. The summed E-state index contributed by atoms with van der Waals surface area (Å²) in [5.41, 5.74) is 0.952. The monoisotopic (exact) mass is 343 g/mol. The molecule has 1 aromatic rings. The number of aliphatic carboxylic acids is 1. The summed E-state index contributed by atoms with van der Waals surface area (Å²) in [6, 6.07) is 6.49. The van der Waals surface area contributed by atoms with E-state index in [0.717, 1.165) is 18.7 Å². The molecule has 1 aromatic carbocycles. The second-order valence-electron chi connectivity index (χ2n) is 4.42. The summed E-state index contributed by atoms with van der Waals surface area (Å²) in [5, 5.41) is 10.2. The third kappa shape index (κ3) is 7.75. The first kappa shape index (κ1) is 19.1. The molecule has 2 rings (SSSR count). The number of carboxylic acids is 1. The van der Waals surface area contributed by atoms with Crippen molar-refractivity contribution in [3.05, 3.63) is 29.8 Å². The highest BCUT2D eigenvalue weighted by Gasteiger charge is 2.38. The highest BCUT2D eigenvalue weighted by molar-refractivity contribution is 5.73. The third-order valence-corrected chi connectivity index (χ3v) is 2.62. The van der Waals surface area contributed by atoms with Crippen LogP contribution in [0.15, 0.2) is 24.3 Å². The van der Waals surface area contributed by atoms with Gasteiger partial charge in [-0.3, -0.25) is 0 Å². The molecular weight excluding hydrogens is 329 g/mol. The van der Waals surface area contributed by atoms with E-state index in [0.29, 0.717) is 6.61 Å². The minimum absolute atomic E-state index is 0.170. The Morgan fingerprint density at radius 2 is 1.78 bits per heavy atom. The summed E-state index contributed by atoms with van der Waals surface area (Å²) in [5.74, 6) is -2.59. The Labute approximate surface area is 128 Å². The van der Waals surface area contributed by atoms with Crippen molar-refractivity contribution in [2.45, 2.75) is 25.5 Å². The first-order valence-corrected chi connectivity index (χ1v) is 6.34. The Morgan fingerprint density at radius 3 is 2.13 bits per heavy atom. The van der Waals surface area contributed by atoms with Crippen molar-refractivity contribution < 1.29 is 41.3 Å². The molecule has 1 heterocycles. The zero-order chi connectivity index (χ0) is 17.5. The summed E-state index contributed by atoms with van der Waals surface area (Å²) in [7, 11) is 0. The Kier molecular flexibility index (Phi) is 7.17. The minimum Gasteiger partial charge on any atom is -0.475 e. The second-order valence-corrected chi connectivity index (χ2v) is 4.42. The third-order valence-electron chi connectivity index (χ3n) is 2.62. The smallest absolute Gasteiger partial charge is 0.475 e. The lowest BCUT2D eigenvalue weighted by molar-refractivity contribution is -0.192. The van der Waals surface area contributed by atoms with Crippen LogP contribution in [-0.4, -0.2) is 43.1 Å². The van der Waals surface area contributed by atoms with E-state index in [4.69, 9.17) is 14.6 Å². The molecule has 0 radical (unpaired) electrons. The van der Waals surface area contributed by atoms with Gasteiger partial charge >= 0.3 is 18.8 Å². The molecule has 0 atom stereocenters. The lowest BCUT2D eigenvalue weighted by Gasteiger charge is -2.27. The van der Waals surface area contributed by atoms with E-state index < -0.39 is 18.8 Å². The van der Waals surface area contributed by atoms with Crippen molar-refractivity contribution in [1.29, 1.82) is 0 Å². The average molecular weight is 343 g/mol. The summed E-state index contributed by atoms with van der Waals surface area (Å²) < 4.78 is 65.3. The lowest BCUT2D eigenvalue weighted by Crippen LogP contribution is -2.48. The first-order chi connectivity index (χ1) is 10.7. The standard InChI is InChI=1S/C11H13F2NO2.C2HF3O2/c12-11(13)16-9-3-1-8(2-4-9)7-15-10-5-14-6-10;3-2(4,5)1(6)7/h1-4,10-11,14H,5-7H2;(H,6,7). The number of ether oxygens (including phenoxy) is 2. The molecule has 2 N–H and O–H groups in total. The molecule has 0 bridgehead atoms. The van der Waals surface area contributed by atoms with Gasteiger partial charge in [0.2, 0.25) is 0 Å². The zero-order valence-corrected chi connectivity index (χ0v) is 11.6. The largest absolute Gasteiger partial charge is 0.490 e. The maximum absolute atomic E-state index is 11.9. The molecule has 1 aliphatic rings. The maximum Gasteiger partial charge on any atom is 0.490 e. The van der Waals surface area contributed by atoms with Crippen LogP contribution in [0.5, 0.6) is 5.75 Å². The van der Waals surface area contributed by atoms with Crippen LogP contribution in [-0.2, 0) is 16.1 Å². The van der Waals surface area contributed by atoms with Gasteiger partial charge in [-0.1, -0.05) is 12.1 Å². The van der Waals surface area contributed by atoms with E-state index in [9.17, 15) is 22.0 Å². The van der Waals surface area contributed by atoms with Gasteiger partial charge in [-0.05, 0) is 17.7 Å². The van der Waals surface area contributed by atoms with Crippen molar-refractivity contribution >= 4 is 5.97 Å². The van der Waals surface area contributed by atoms with Gasteiger partial charge in [0.05, 0.1) is 12.7 Å². The molecule has 5 nitrogen and oxygen atoms in total. The quantitative estimate of drug-likeness (QED) is 0.804. The van der Waals surface area contributed by atoms with Gasteiger partial charge in [0, 0.05) is 13.1 Å². The van der Waals surface area contributed by atoms with E-state index in [1.165, 1.54) is 12.1 Å². The van der Waals surface area contributed by atoms with Crippen molar-refractivity contribution in [3.8, 4) is 5.75 Å². The van der Waals surface area contributed by atoms with Crippen molar-refractivity contribution in [3.63, 3.8) is 0 Å². The number of hydrogen-bond acceptors (Lipinski definition) is 4. The Hall–Kier alpha value is -1.94. The average Bonchev–Trinajstić information content (AvgIpc) is 2.38. The molecule has 0 amide bonds. The van der Waals surface area contributed by atoms with Gasteiger partial charge in [0.25, 0.3) is 0 Å². The molecule has 0 unspecified atom stereocenters. The molecule has 0 aliphatic carbocycles. The number of halogens is 5. The molecule has 0 saturated carbocycles. The van der Waals surface area contributed by atoms with Crippen LogP contribution in [0.4, 0.5) is 22.0 Å². The molecule has 1 aliphatic heterocycles. The van der Waals surface area contributed by atoms with Crippen molar-refractivity contribution in [2.75, 3.05) is 13.1 Å². The topological polar surface area (TPSA) is 67.8 Å². The molecule has 1 fully saturated rings. The Bertz CT molecular complexity index is 488. The number of benzene rings is 1. The lowest BCUT2D eigenvalue weighted by atomic mass is 10.2. The Balaban J connectivity index is 0.000000322. The van der Waals surface area contributed by atoms with Crippen LogP contribution in [0.3, 0.4) is 0 Å². The summed E-state index contributed by atoms with van der Waals surface area (Å²) >= 11 is 0. The van der Waals surface area contributed by atoms with Gasteiger partial charge in [0.15, 0.2) is 0 Å². The van der Waals surface area contributed by atoms with Crippen LogP contribution in [0.25, 0.3) is 0 Å². The van der Waals surface area contributed by atoms with Crippen LogP contribution in [0.2, 0.25) is 0 Å². The van der Waals surface area contributed by atoms with Crippen LogP contribution in [0, 0.1) is 0 Å². The van der Waals surface area contributed by atoms with Crippen LogP contribution < -0.4 is 10.1 Å². The first-order valence-electron chi connectivity index (χ1n) is 6.34. The fourth-order valence-corrected chi connectivity index (χ4v) is 1.36. The van der Waals surface area contributed by atoms with Crippen molar-refractivity contribution in [1.82, 2.24) is 5.32 Å². The van der Waals surface area contributed by atoms with E-state index in [1.54, 1.807) is 12.1 Å². The molecule has 0 aromatic heterocycles. The van der Waals surface area contributed by atoms with Gasteiger partial charge in [-0.15, -0.1) is 0 Å². The fourth-order valence-electron chi connectivity index (χ4n) is 1.36. The van der Waals surface area contributed by atoms with E-state index >= 15 is 0 Å². The molecule has 130 valence electrons. The van der Waals surface area contributed by atoms with Gasteiger partial charge < -0.3 is 19.9 Å². The maximum atomic E-state index is 11.9. The summed E-state index contributed by atoms with van der Waals surface area (Å²) in [6.07, 6.45) is -4.81. The molecule has 1 saturated heterocycles. The number of carbonyl (C=O) groups is 1.